The second-order valence-corrected chi connectivity index (χ2v) is 9.40. The van der Waals surface area contributed by atoms with Gasteiger partial charge >= 0.3 is 0 Å². The van der Waals surface area contributed by atoms with Crippen LogP contribution in [-0.2, 0) is 16.6 Å². The maximum Gasteiger partial charge on any atom is 0.256 e. The van der Waals surface area contributed by atoms with Crippen LogP contribution in [0.1, 0.15) is 29.8 Å². The van der Waals surface area contributed by atoms with Gasteiger partial charge in [-0.3, -0.25) is 4.79 Å². The Kier molecular flexibility index (Phi) is 6.77. The summed E-state index contributed by atoms with van der Waals surface area (Å²) in [6.45, 7) is 4.01. The van der Waals surface area contributed by atoms with Crippen molar-refractivity contribution in [1.29, 1.82) is 0 Å². The lowest BCUT2D eigenvalue weighted by Gasteiger charge is -2.13. The number of hydrogen-bond acceptors (Lipinski definition) is 5. The topological polar surface area (TPSA) is 96.3 Å². The van der Waals surface area contributed by atoms with Crippen LogP contribution >= 0.6 is 0 Å². The highest BCUT2D eigenvalue weighted by Crippen LogP contribution is 2.17. The van der Waals surface area contributed by atoms with Crippen molar-refractivity contribution in [3.8, 4) is 0 Å². The number of aromatic nitrogens is 2. The smallest absolute Gasteiger partial charge is 0.256 e. The maximum absolute atomic E-state index is 12.7. The van der Waals surface area contributed by atoms with E-state index in [9.17, 15) is 13.2 Å². The Morgan fingerprint density at radius 2 is 1.68 bits per heavy atom. The van der Waals surface area contributed by atoms with Gasteiger partial charge in [0.25, 0.3) is 5.91 Å². The zero-order chi connectivity index (χ0) is 22.6. The predicted molar refractivity (Wildman–Crippen MR) is 122 cm³/mol. The van der Waals surface area contributed by atoms with Crippen LogP contribution in [0.15, 0.2) is 65.7 Å². The Morgan fingerprint density at radius 3 is 2.26 bits per heavy atom. The van der Waals surface area contributed by atoms with E-state index in [4.69, 9.17) is 0 Å². The third kappa shape index (κ3) is 5.71. The minimum Gasteiger partial charge on any atom is -0.378 e. The Morgan fingerprint density at radius 1 is 1.03 bits per heavy atom. The first-order valence-corrected chi connectivity index (χ1v) is 11.4. The molecule has 0 aliphatic carbocycles. The van der Waals surface area contributed by atoms with Gasteiger partial charge in [-0.15, -0.1) is 0 Å². The van der Waals surface area contributed by atoms with Crippen molar-refractivity contribution in [2.45, 2.75) is 31.3 Å². The molecule has 1 amide bonds. The van der Waals surface area contributed by atoms with Crippen molar-refractivity contribution < 1.29 is 13.2 Å². The monoisotopic (exact) mass is 441 g/mol. The first kappa shape index (κ1) is 22.5. The highest BCUT2D eigenvalue weighted by atomic mass is 32.2. The van der Waals surface area contributed by atoms with E-state index >= 15 is 0 Å². The summed E-state index contributed by atoms with van der Waals surface area (Å²) < 4.78 is 28.7. The number of nitrogens with one attached hydrogen (secondary N) is 2. The molecule has 31 heavy (non-hydrogen) atoms. The molecule has 164 valence electrons. The van der Waals surface area contributed by atoms with Gasteiger partial charge in [-0.25, -0.2) is 17.8 Å². The van der Waals surface area contributed by atoms with Crippen LogP contribution in [0.5, 0.6) is 0 Å². The number of nitrogens with zero attached hydrogens (tertiary/aromatic N) is 3. The summed E-state index contributed by atoms with van der Waals surface area (Å²) in [7, 11) is 0.369. The highest BCUT2D eigenvalue weighted by molar-refractivity contribution is 7.89. The average Bonchev–Trinajstić information content (AvgIpc) is 3.14. The van der Waals surface area contributed by atoms with Crippen molar-refractivity contribution in [3.05, 3.63) is 71.9 Å². The van der Waals surface area contributed by atoms with Gasteiger partial charge in [0.1, 0.15) is 5.82 Å². The number of amides is 1. The Balaban J connectivity index is 1.70. The second kappa shape index (κ2) is 9.32. The van der Waals surface area contributed by atoms with Crippen molar-refractivity contribution >= 4 is 27.4 Å². The second-order valence-electron chi connectivity index (χ2n) is 7.69. The molecule has 0 aliphatic heterocycles. The fourth-order valence-corrected chi connectivity index (χ4v) is 4.24. The molecular formula is C22H27N5O3S. The summed E-state index contributed by atoms with van der Waals surface area (Å²) in [5.41, 5.74) is 2.51. The van der Waals surface area contributed by atoms with E-state index in [1.807, 2.05) is 43.3 Å². The largest absolute Gasteiger partial charge is 0.378 e. The number of rotatable bonds is 8. The van der Waals surface area contributed by atoms with Crippen LogP contribution in [0, 0.1) is 0 Å². The predicted octanol–water partition coefficient (Wildman–Crippen LogP) is 2.94. The fraction of sp³-hybridized carbons (Fsp3) is 0.273. The molecule has 2 aromatic carbocycles. The summed E-state index contributed by atoms with van der Waals surface area (Å²) >= 11 is 0. The van der Waals surface area contributed by atoms with Crippen molar-refractivity contribution in [2.24, 2.45) is 0 Å². The zero-order valence-corrected chi connectivity index (χ0v) is 18.8. The van der Waals surface area contributed by atoms with Crippen molar-refractivity contribution in [2.75, 3.05) is 24.3 Å². The molecule has 0 saturated heterocycles. The Labute approximate surface area is 182 Å². The molecule has 0 atom stereocenters. The van der Waals surface area contributed by atoms with Crippen molar-refractivity contribution in [3.63, 3.8) is 0 Å². The summed E-state index contributed by atoms with van der Waals surface area (Å²) in [5.74, 6) is 0.213. The van der Waals surface area contributed by atoms with E-state index in [2.05, 4.69) is 15.1 Å². The molecular weight excluding hydrogens is 414 g/mol. The molecule has 1 aromatic heterocycles. The lowest BCUT2D eigenvalue weighted by Crippen LogP contribution is -2.30. The summed E-state index contributed by atoms with van der Waals surface area (Å²) in [6.07, 6.45) is 1.62. The van der Waals surface area contributed by atoms with Gasteiger partial charge in [-0.1, -0.05) is 12.1 Å². The molecule has 0 saturated carbocycles. The van der Waals surface area contributed by atoms with Gasteiger partial charge in [0.05, 0.1) is 17.6 Å². The Hall–Kier alpha value is -3.17. The molecule has 0 aliphatic rings. The van der Waals surface area contributed by atoms with Gasteiger partial charge in [0.15, 0.2) is 0 Å². The number of carbonyl (C=O) groups is 1. The van der Waals surface area contributed by atoms with Crippen LogP contribution in [-0.4, -0.2) is 44.2 Å². The van der Waals surface area contributed by atoms with Gasteiger partial charge in [-0.05, 0) is 55.8 Å². The van der Waals surface area contributed by atoms with Gasteiger partial charge < -0.3 is 10.2 Å². The van der Waals surface area contributed by atoms with E-state index in [1.54, 1.807) is 30.8 Å². The summed E-state index contributed by atoms with van der Waals surface area (Å²) in [5, 5.41) is 7.13. The summed E-state index contributed by atoms with van der Waals surface area (Å²) in [4.78, 5) is 14.8. The van der Waals surface area contributed by atoms with Gasteiger partial charge in [-0.2, -0.15) is 5.10 Å². The zero-order valence-electron chi connectivity index (χ0n) is 18.0. The minimum atomic E-state index is -3.60. The number of hydrogen-bond donors (Lipinski definition) is 2. The fourth-order valence-electron chi connectivity index (χ4n) is 2.99. The molecule has 1 heterocycles. The van der Waals surface area contributed by atoms with E-state index in [1.165, 1.54) is 24.3 Å². The maximum atomic E-state index is 12.7. The van der Waals surface area contributed by atoms with E-state index in [-0.39, 0.29) is 16.8 Å². The van der Waals surface area contributed by atoms with E-state index < -0.39 is 10.0 Å². The van der Waals surface area contributed by atoms with Gasteiger partial charge in [0, 0.05) is 37.5 Å². The SMILES string of the molecule is CC(C)NS(=O)(=O)c1ccc(C(=O)Nc2ccnn2Cc2ccc(N(C)C)cc2)cc1. The normalized spacial score (nSPS) is 11.5. The van der Waals surface area contributed by atoms with Crippen LogP contribution in [0.25, 0.3) is 0 Å². The number of sulfonamides is 1. The quantitative estimate of drug-likeness (QED) is 0.560. The molecule has 0 radical (unpaired) electrons. The third-order valence-corrected chi connectivity index (χ3v) is 6.24. The first-order valence-electron chi connectivity index (χ1n) is 9.87. The van der Waals surface area contributed by atoms with Gasteiger partial charge in [0.2, 0.25) is 10.0 Å². The molecule has 0 fully saturated rings. The van der Waals surface area contributed by atoms with E-state index in [0.29, 0.717) is 17.9 Å². The molecule has 8 nitrogen and oxygen atoms in total. The summed E-state index contributed by atoms with van der Waals surface area (Å²) in [6, 6.07) is 15.4. The average molecular weight is 442 g/mol. The molecule has 3 aromatic rings. The lowest BCUT2D eigenvalue weighted by atomic mass is 10.2. The highest BCUT2D eigenvalue weighted by Gasteiger charge is 2.16. The van der Waals surface area contributed by atoms with Crippen LogP contribution < -0.4 is 14.9 Å². The van der Waals surface area contributed by atoms with Crippen LogP contribution in [0.3, 0.4) is 0 Å². The molecule has 0 unspecified atom stereocenters. The Bertz CT molecular complexity index is 1130. The number of anilines is 2. The molecule has 9 heteroatoms. The lowest BCUT2D eigenvalue weighted by molar-refractivity contribution is 0.102. The minimum absolute atomic E-state index is 0.115. The number of benzene rings is 2. The first-order chi connectivity index (χ1) is 14.7. The molecule has 0 spiro atoms. The molecule has 2 N–H and O–H groups in total. The standard InChI is InChI=1S/C22H27N5O3S/c1-16(2)25-31(29,30)20-11-7-18(8-12-20)22(28)24-21-13-14-23-27(21)15-17-5-9-19(10-6-17)26(3)4/h5-14,16,25H,15H2,1-4H3,(H,24,28). The third-order valence-electron chi connectivity index (χ3n) is 4.56. The molecule has 3 rings (SSSR count). The number of carbonyl (C=O) groups excluding carboxylic acids is 1. The van der Waals surface area contributed by atoms with Crippen molar-refractivity contribution in [1.82, 2.24) is 14.5 Å². The van der Waals surface area contributed by atoms with Crippen LogP contribution in [0.4, 0.5) is 11.5 Å². The van der Waals surface area contributed by atoms with E-state index in [0.717, 1.165) is 11.3 Å². The van der Waals surface area contributed by atoms with Crippen LogP contribution in [0.2, 0.25) is 0 Å². The molecule has 0 bridgehead atoms.